The number of hydrogen-bond acceptors (Lipinski definition) is 10. The highest BCUT2D eigenvalue weighted by molar-refractivity contribution is 6.04. The summed E-state index contributed by atoms with van der Waals surface area (Å²) in [4.78, 5) is 29.0. The van der Waals surface area contributed by atoms with Gasteiger partial charge in [0, 0.05) is 55.0 Å². The van der Waals surface area contributed by atoms with Crippen LogP contribution in [0.3, 0.4) is 0 Å². The molecule has 2 aliphatic heterocycles. The molecular formula is C44H49F3N6O4. The van der Waals surface area contributed by atoms with Crippen molar-refractivity contribution >= 4 is 33.3 Å². The fourth-order valence-corrected chi connectivity index (χ4v) is 8.29. The number of pyridine rings is 1. The van der Waals surface area contributed by atoms with Gasteiger partial charge in [-0.15, -0.1) is 6.42 Å². The Kier molecular flexibility index (Phi) is 11.5. The molecule has 4 heterocycles. The molecule has 0 amide bonds. The van der Waals surface area contributed by atoms with E-state index in [1.165, 1.54) is 31.4 Å². The first-order valence-electron chi connectivity index (χ1n) is 19.8. The highest BCUT2D eigenvalue weighted by Gasteiger charge is 2.45. The second-order valence-electron chi connectivity index (χ2n) is 16.6. The number of rotatable bonds is 9. The number of nitrogens with zero attached hydrogens (tertiary/aromatic N) is 6. The van der Waals surface area contributed by atoms with Gasteiger partial charge in [0.05, 0.1) is 31.3 Å². The quantitative estimate of drug-likeness (QED) is 0.167. The molecule has 4 fully saturated rings. The molecule has 13 heteroatoms. The fourth-order valence-electron chi connectivity index (χ4n) is 8.29. The third-order valence-corrected chi connectivity index (χ3v) is 11.9. The summed E-state index contributed by atoms with van der Waals surface area (Å²) in [5.41, 5.74) is -0.317. The van der Waals surface area contributed by atoms with Crippen molar-refractivity contribution in [3.8, 4) is 47.3 Å². The van der Waals surface area contributed by atoms with Crippen LogP contribution >= 0.6 is 0 Å². The number of carbonyl (C=O) groups excluding carboxylic acids is 1. The van der Waals surface area contributed by atoms with E-state index in [1.807, 2.05) is 6.07 Å². The van der Waals surface area contributed by atoms with Crippen LogP contribution in [-0.4, -0.2) is 83.4 Å². The van der Waals surface area contributed by atoms with Crippen molar-refractivity contribution < 1.29 is 32.5 Å². The van der Waals surface area contributed by atoms with Crippen LogP contribution in [-0.2, 0) is 4.79 Å². The van der Waals surface area contributed by atoms with Gasteiger partial charge in [-0.05, 0) is 87.3 Å². The van der Waals surface area contributed by atoms with Crippen LogP contribution in [0.1, 0.15) is 71.3 Å². The SMILES string of the molecule is C#Cc1c(F)ccc2cc(O)cc(-c3nc(OC)c4c(N5CC(C)CCC(C)C5)nc(OCC5(CN6CCC(F)CC6)CC5)nc4c3F)c12.CC(=O)C1CC1C#N. The highest BCUT2D eigenvalue weighted by Crippen LogP contribution is 2.48. The number of alkyl halides is 1. The highest BCUT2D eigenvalue weighted by atomic mass is 19.1. The number of carbonyl (C=O) groups is 1. The number of phenolic OH excluding ortho intramolecular Hbond substituents is 1. The van der Waals surface area contributed by atoms with Gasteiger partial charge in [-0.1, -0.05) is 25.8 Å². The van der Waals surface area contributed by atoms with Gasteiger partial charge in [0.1, 0.15) is 45.9 Å². The predicted molar refractivity (Wildman–Crippen MR) is 212 cm³/mol. The third kappa shape index (κ3) is 8.59. The number of piperidine rings is 1. The molecule has 2 aromatic heterocycles. The summed E-state index contributed by atoms with van der Waals surface area (Å²) in [7, 11) is 1.45. The summed E-state index contributed by atoms with van der Waals surface area (Å²) in [5.74, 6) is 2.35. The van der Waals surface area contributed by atoms with Crippen molar-refractivity contribution in [1.29, 1.82) is 5.26 Å². The Morgan fingerprint density at radius 2 is 1.75 bits per heavy atom. The Bertz CT molecular complexity index is 2250. The predicted octanol–water partition coefficient (Wildman–Crippen LogP) is 8.02. The van der Waals surface area contributed by atoms with Crippen molar-refractivity contribution in [3.05, 3.63) is 41.5 Å². The molecule has 2 aromatic carbocycles. The molecule has 4 aromatic rings. The largest absolute Gasteiger partial charge is 0.508 e. The minimum absolute atomic E-state index is 0.0371. The van der Waals surface area contributed by atoms with Gasteiger partial charge in [0.15, 0.2) is 5.82 Å². The Hall–Kier alpha value is -5.14. The molecule has 2 saturated heterocycles. The molecule has 0 radical (unpaired) electrons. The average molecular weight is 783 g/mol. The number of fused-ring (bicyclic) bond motifs is 2. The molecule has 0 bridgehead atoms. The van der Waals surface area contributed by atoms with Crippen molar-refractivity contribution in [2.45, 2.75) is 71.9 Å². The van der Waals surface area contributed by atoms with Gasteiger partial charge < -0.3 is 24.4 Å². The number of ether oxygens (including phenoxy) is 2. The van der Waals surface area contributed by atoms with E-state index in [2.05, 4.69) is 39.5 Å². The van der Waals surface area contributed by atoms with E-state index in [0.29, 0.717) is 61.0 Å². The molecular weight excluding hydrogens is 734 g/mol. The average Bonchev–Trinajstić information content (AvgIpc) is 4.13. The number of benzene rings is 2. The Labute approximate surface area is 331 Å². The van der Waals surface area contributed by atoms with Gasteiger partial charge in [0.25, 0.3) is 0 Å². The van der Waals surface area contributed by atoms with Crippen LogP contribution < -0.4 is 14.4 Å². The summed E-state index contributed by atoms with van der Waals surface area (Å²) >= 11 is 0. The molecule has 2 aliphatic carbocycles. The second kappa shape index (κ2) is 16.4. The van der Waals surface area contributed by atoms with Crippen molar-refractivity contribution in [2.75, 3.05) is 51.3 Å². The number of anilines is 1. The first-order valence-corrected chi connectivity index (χ1v) is 19.8. The number of phenols is 1. The molecule has 2 saturated carbocycles. The number of methoxy groups -OCH3 is 1. The molecule has 4 atom stereocenters. The van der Waals surface area contributed by atoms with Gasteiger partial charge in [-0.3, -0.25) is 4.79 Å². The van der Waals surface area contributed by atoms with Gasteiger partial charge in [-0.25, -0.2) is 18.2 Å². The van der Waals surface area contributed by atoms with Crippen LogP contribution in [0.15, 0.2) is 24.3 Å². The van der Waals surface area contributed by atoms with Crippen LogP contribution in [0.5, 0.6) is 17.6 Å². The maximum absolute atomic E-state index is 17.1. The van der Waals surface area contributed by atoms with Crippen LogP contribution in [0.25, 0.3) is 32.9 Å². The molecule has 1 N–H and O–H groups in total. The number of nitriles is 1. The third-order valence-electron chi connectivity index (χ3n) is 11.9. The second-order valence-corrected chi connectivity index (χ2v) is 16.6. The van der Waals surface area contributed by atoms with Crippen molar-refractivity contribution in [3.63, 3.8) is 0 Å². The van der Waals surface area contributed by atoms with E-state index in [-0.39, 0.29) is 68.4 Å². The molecule has 57 heavy (non-hydrogen) atoms. The number of hydrogen-bond donors (Lipinski definition) is 1. The van der Waals surface area contributed by atoms with Gasteiger partial charge in [0.2, 0.25) is 5.88 Å². The maximum Gasteiger partial charge on any atom is 0.319 e. The van der Waals surface area contributed by atoms with E-state index in [1.54, 1.807) is 6.92 Å². The zero-order valence-corrected chi connectivity index (χ0v) is 33.0. The van der Waals surface area contributed by atoms with Crippen molar-refractivity contribution in [1.82, 2.24) is 19.9 Å². The lowest BCUT2D eigenvalue weighted by atomic mass is 9.95. The van der Waals surface area contributed by atoms with Gasteiger partial charge in [-0.2, -0.15) is 15.2 Å². The number of ketones is 1. The monoisotopic (exact) mass is 782 g/mol. The number of likely N-dealkylation sites (tertiary alicyclic amines) is 1. The lowest BCUT2D eigenvalue weighted by molar-refractivity contribution is -0.118. The first kappa shape index (κ1) is 40.1. The smallest absolute Gasteiger partial charge is 0.319 e. The molecule has 8 rings (SSSR count). The lowest BCUT2D eigenvalue weighted by Crippen LogP contribution is -2.39. The van der Waals surface area contributed by atoms with Crippen LogP contribution in [0.2, 0.25) is 0 Å². The van der Waals surface area contributed by atoms with E-state index in [0.717, 1.165) is 51.7 Å². The Morgan fingerprint density at radius 1 is 1.05 bits per heavy atom. The number of terminal acetylenes is 1. The van der Waals surface area contributed by atoms with Crippen molar-refractivity contribution in [2.24, 2.45) is 29.1 Å². The number of aromatic hydroxyl groups is 1. The summed E-state index contributed by atoms with van der Waals surface area (Å²) < 4.78 is 58.0. The molecule has 4 unspecified atom stereocenters. The zero-order chi connectivity index (χ0) is 40.6. The van der Waals surface area contributed by atoms with E-state index in [4.69, 9.17) is 26.1 Å². The summed E-state index contributed by atoms with van der Waals surface area (Å²) in [6.45, 7) is 9.91. The minimum Gasteiger partial charge on any atom is -0.508 e. The van der Waals surface area contributed by atoms with Gasteiger partial charge >= 0.3 is 6.01 Å². The first-order chi connectivity index (χ1) is 27.3. The van der Waals surface area contributed by atoms with Crippen LogP contribution in [0.4, 0.5) is 19.0 Å². The summed E-state index contributed by atoms with van der Waals surface area (Å²) in [5, 5.41) is 19.8. The van der Waals surface area contributed by atoms with E-state index in [9.17, 15) is 18.7 Å². The molecule has 4 aliphatic rings. The fraction of sp³-hybridized carbons (Fsp3) is 0.523. The minimum atomic E-state index is -0.797. The van der Waals surface area contributed by atoms with Crippen LogP contribution in [0, 0.1) is 64.4 Å². The summed E-state index contributed by atoms with van der Waals surface area (Å²) in [6, 6.07) is 7.54. The number of Topliss-reactive ketones (excluding diaryl/α,β-unsaturated/α-hetero) is 1. The lowest BCUT2D eigenvalue weighted by Gasteiger charge is -2.32. The standard InChI is InChI=1S/C38H42F3N5O3.C6H7NO/c1-5-27-29(40)9-8-24-16-26(47)17-28(30(24)27)33-32(41)34-31(36(42-33)48-4)35(46-18-22(2)6-7-23(3)19-46)44-37(43-34)49-21-38(12-13-38)20-45-14-10-25(39)11-15-45;1-4(8)6-2-5(6)3-7/h1,8-9,16-17,22-23,25,47H,6-7,10-15,18-21H2,2-4H3;5-6H,2H2,1H3. The van der Waals surface area contributed by atoms with E-state index < -0.39 is 17.8 Å². The molecule has 300 valence electrons. The van der Waals surface area contributed by atoms with E-state index >= 15 is 4.39 Å². The Morgan fingerprint density at radius 3 is 2.33 bits per heavy atom. The summed E-state index contributed by atoms with van der Waals surface area (Å²) in [6.07, 6.45) is 10.9. The molecule has 10 nitrogen and oxygen atoms in total. The normalized spacial score (nSPS) is 23.1. The zero-order valence-electron chi connectivity index (χ0n) is 33.0. The number of halogens is 3. The Balaban J connectivity index is 0.000000554. The molecule has 0 spiro atoms. The number of aromatic nitrogens is 3. The topological polar surface area (TPSA) is 125 Å². The maximum atomic E-state index is 17.1.